The third kappa shape index (κ3) is 4.33. The van der Waals surface area contributed by atoms with Gasteiger partial charge in [-0.15, -0.1) is 0 Å². The normalized spacial score (nSPS) is 22.6. The molecule has 2 aliphatic rings. The number of hydrogen-bond acceptors (Lipinski definition) is 3. The van der Waals surface area contributed by atoms with Gasteiger partial charge in [0.25, 0.3) is 0 Å². The van der Waals surface area contributed by atoms with Crippen LogP contribution in [-0.4, -0.2) is 30.7 Å². The van der Waals surface area contributed by atoms with Gasteiger partial charge >= 0.3 is 0 Å². The van der Waals surface area contributed by atoms with E-state index in [1.165, 1.54) is 31.2 Å². The molecule has 1 unspecified atom stereocenters. The molecular formula is C19H28N2O2. The Kier molecular flexibility index (Phi) is 5.34. The van der Waals surface area contributed by atoms with Crippen LogP contribution in [0, 0.1) is 0 Å². The van der Waals surface area contributed by atoms with Gasteiger partial charge in [0.15, 0.2) is 0 Å². The van der Waals surface area contributed by atoms with E-state index < -0.39 is 0 Å². The minimum atomic E-state index is 0.0660. The third-order valence-corrected chi connectivity index (χ3v) is 5.15. The summed E-state index contributed by atoms with van der Waals surface area (Å²) in [5.74, 6) is 0.0660. The number of ether oxygens (including phenoxy) is 1. The van der Waals surface area contributed by atoms with Gasteiger partial charge < -0.3 is 15.4 Å². The lowest BCUT2D eigenvalue weighted by atomic mass is 9.96. The Morgan fingerprint density at radius 2 is 2.00 bits per heavy atom. The lowest BCUT2D eigenvalue weighted by Crippen LogP contribution is -2.33. The van der Waals surface area contributed by atoms with Crippen LogP contribution in [0.25, 0.3) is 0 Å². The van der Waals surface area contributed by atoms with Crippen LogP contribution in [0.1, 0.15) is 51.0 Å². The molecule has 4 heteroatoms. The van der Waals surface area contributed by atoms with E-state index in [1.807, 2.05) is 12.1 Å². The van der Waals surface area contributed by atoms with Crippen LogP contribution in [0.5, 0.6) is 0 Å². The van der Waals surface area contributed by atoms with Crippen LogP contribution < -0.4 is 10.6 Å². The highest BCUT2D eigenvalue weighted by molar-refractivity contribution is 5.90. The van der Waals surface area contributed by atoms with Crippen molar-refractivity contribution in [2.45, 2.75) is 63.5 Å². The van der Waals surface area contributed by atoms with Crippen molar-refractivity contribution in [1.82, 2.24) is 5.32 Å². The van der Waals surface area contributed by atoms with Gasteiger partial charge in [-0.2, -0.15) is 0 Å². The smallest absolute Gasteiger partial charge is 0.225 e. The van der Waals surface area contributed by atoms with E-state index in [0.717, 1.165) is 25.1 Å². The Hall–Kier alpha value is -1.39. The molecule has 1 aromatic carbocycles. The first-order valence-corrected chi connectivity index (χ1v) is 8.95. The summed E-state index contributed by atoms with van der Waals surface area (Å²) in [7, 11) is 0. The zero-order valence-corrected chi connectivity index (χ0v) is 14.1. The number of benzene rings is 1. The van der Waals surface area contributed by atoms with Crippen molar-refractivity contribution < 1.29 is 9.53 Å². The number of carbonyl (C=O) groups is 1. The van der Waals surface area contributed by atoms with Crippen LogP contribution in [0.2, 0.25) is 0 Å². The van der Waals surface area contributed by atoms with Gasteiger partial charge in [-0.05, 0) is 43.4 Å². The molecule has 1 spiro atoms. The summed E-state index contributed by atoms with van der Waals surface area (Å²) in [5, 5.41) is 6.44. The molecule has 2 fully saturated rings. The highest BCUT2D eigenvalue weighted by Gasteiger charge is 2.42. The molecule has 1 saturated heterocycles. The average Bonchev–Trinajstić information content (AvgIpc) is 3.18. The molecule has 1 amide bonds. The van der Waals surface area contributed by atoms with E-state index in [-0.39, 0.29) is 11.5 Å². The predicted molar refractivity (Wildman–Crippen MR) is 92.6 cm³/mol. The maximum atomic E-state index is 12.0. The highest BCUT2D eigenvalue weighted by Crippen LogP contribution is 2.40. The standard InChI is InChI=1S/C19H28N2O2/c1-2-15-5-7-16(8-6-15)21-18(22)9-12-20-17-13-19(23-14-17)10-3-4-11-19/h5-8,17,20H,2-4,9-14H2,1H3,(H,21,22). The molecule has 0 bridgehead atoms. The molecule has 1 aliphatic carbocycles. The molecule has 23 heavy (non-hydrogen) atoms. The van der Waals surface area contributed by atoms with Gasteiger partial charge in [0.2, 0.25) is 5.91 Å². The van der Waals surface area contributed by atoms with Crippen molar-refractivity contribution in [3.05, 3.63) is 29.8 Å². The molecule has 2 N–H and O–H groups in total. The Labute approximate surface area is 139 Å². The van der Waals surface area contributed by atoms with Crippen molar-refractivity contribution >= 4 is 11.6 Å². The van der Waals surface area contributed by atoms with Crippen molar-refractivity contribution in [2.24, 2.45) is 0 Å². The van der Waals surface area contributed by atoms with E-state index >= 15 is 0 Å². The summed E-state index contributed by atoms with van der Waals surface area (Å²) < 4.78 is 6.03. The molecular weight excluding hydrogens is 288 g/mol. The number of rotatable bonds is 6. The van der Waals surface area contributed by atoms with Gasteiger partial charge in [-0.25, -0.2) is 0 Å². The van der Waals surface area contributed by atoms with Crippen LogP contribution in [0.15, 0.2) is 24.3 Å². The number of amides is 1. The zero-order valence-electron chi connectivity index (χ0n) is 14.1. The van der Waals surface area contributed by atoms with E-state index in [2.05, 4.69) is 29.7 Å². The van der Waals surface area contributed by atoms with E-state index in [1.54, 1.807) is 0 Å². The van der Waals surface area contributed by atoms with Gasteiger partial charge in [0, 0.05) is 24.7 Å². The first kappa shape index (κ1) is 16.5. The second kappa shape index (κ2) is 7.45. The Bertz CT molecular complexity index is 521. The molecule has 1 saturated carbocycles. The fourth-order valence-electron chi connectivity index (χ4n) is 3.78. The predicted octanol–water partition coefficient (Wildman–Crippen LogP) is 3.27. The number of carbonyl (C=O) groups excluding carboxylic acids is 1. The molecule has 4 nitrogen and oxygen atoms in total. The minimum absolute atomic E-state index is 0.0660. The summed E-state index contributed by atoms with van der Waals surface area (Å²) in [6, 6.07) is 8.47. The van der Waals surface area contributed by atoms with E-state index in [4.69, 9.17) is 4.74 Å². The van der Waals surface area contributed by atoms with Gasteiger partial charge in [-0.3, -0.25) is 4.79 Å². The Balaban J connectivity index is 1.36. The van der Waals surface area contributed by atoms with Gasteiger partial charge in [0.05, 0.1) is 12.2 Å². The topological polar surface area (TPSA) is 50.4 Å². The van der Waals surface area contributed by atoms with Crippen LogP contribution in [0.4, 0.5) is 5.69 Å². The lowest BCUT2D eigenvalue weighted by molar-refractivity contribution is -0.116. The number of hydrogen-bond donors (Lipinski definition) is 2. The molecule has 0 aromatic heterocycles. The highest BCUT2D eigenvalue weighted by atomic mass is 16.5. The lowest BCUT2D eigenvalue weighted by Gasteiger charge is -2.21. The van der Waals surface area contributed by atoms with Crippen molar-refractivity contribution in [3.63, 3.8) is 0 Å². The van der Waals surface area contributed by atoms with Crippen LogP contribution in [0.3, 0.4) is 0 Å². The van der Waals surface area contributed by atoms with E-state index in [9.17, 15) is 4.79 Å². The second-order valence-corrected chi connectivity index (χ2v) is 6.90. The first-order valence-electron chi connectivity index (χ1n) is 8.95. The van der Waals surface area contributed by atoms with Crippen molar-refractivity contribution in [3.8, 4) is 0 Å². The zero-order chi connectivity index (χ0) is 16.1. The number of aryl methyl sites for hydroxylation is 1. The van der Waals surface area contributed by atoms with Crippen LogP contribution in [-0.2, 0) is 16.0 Å². The van der Waals surface area contributed by atoms with Crippen molar-refractivity contribution in [2.75, 3.05) is 18.5 Å². The monoisotopic (exact) mass is 316 g/mol. The first-order chi connectivity index (χ1) is 11.2. The molecule has 1 aromatic rings. The van der Waals surface area contributed by atoms with Gasteiger partial charge in [-0.1, -0.05) is 31.9 Å². The largest absolute Gasteiger partial charge is 0.373 e. The molecule has 3 rings (SSSR count). The summed E-state index contributed by atoms with van der Waals surface area (Å²) in [5.41, 5.74) is 2.31. The summed E-state index contributed by atoms with van der Waals surface area (Å²) in [4.78, 5) is 12.0. The van der Waals surface area contributed by atoms with Gasteiger partial charge in [0.1, 0.15) is 0 Å². The fraction of sp³-hybridized carbons (Fsp3) is 0.632. The summed E-state index contributed by atoms with van der Waals surface area (Å²) in [6.45, 7) is 3.63. The molecule has 1 heterocycles. The van der Waals surface area contributed by atoms with E-state index in [0.29, 0.717) is 19.0 Å². The summed E-state index contributed by atoms with van der Waals surface area (Å²) >= 11 is 0. The number of anilines is 1. The molecule has 0 radical (unpaired) electrons. The second-order valence-electron chi connectivity index (χ2n) is 6.90. The van der Waals surface area contributed by atoms with Crippen molar-refractivity contribution in [1.29, 1.82) is 0 Å². The summed E-state index contributed by atoms with van der Waals surface area (Å²) in [6.07, 6.45) is 7.63. The molecule has 1 atom stereocenters. The maximum Gasteiger partial charge on any atom is 0.225 e. The maximum absolute atomic E-state index is 12.0. The SMILES string of the molecule is CCc1ccc(NC(=O)CCNC2COC3(CCCC3)C2)cc1. The third-order valence-electron chi connectivity index (χ3n) is 5.15. The average molecular weight is 316 g/mol. The molecule has 1 aliphatic heterocycles. The number of nitrogens with one attached hydrogen (secondary N) is 2. The Morgan fingerprint density at radius 1 is 1.26 bits per heavy atom. The molecule has 126 valence electrons. The Morgan fingerprint density at radius 3 is 2.70 bits per heavy atom. The van der Waals surface area contributed by atoms with Crippen LogP contribution >= 0.6 is 0 Å². The quantitative estimate of drug-likeness (QED) is 0.847. The minimum Gasteiger partial charge on any atom is -0.373 e. The fourth-order valence-corrected chi connectivity index (χ4v) is 3.78.